The summed E-state index contributed by atoms with van der Waals surface area (Å²) in [4.78, 5) is 27.1. The average Bonchev–Trinajstić information content (AvgIpc) is 3.37. The predicted molar refractivity (Wildman–Crippen MR) is 120 cm³/mol. The Labute approximate surface area is 177 Å². The van der Waals surface area contributed by atoms with Crippen molar-refractivity contribution in [1.29, 1.82) is 0 Å². The molecule has 0 aromatic heterocycles. The van der Waals surface area contributed by atoms with Crippen LogP contribution in [0, 0.1) is 12.8 Å². The van der Waals surface area contributed by atoms with Gasteiger partial charge in [-0.25, -0.2) is 0 Å². The number of hydrogen-bond donors (Lipinski definition) is 1. The molecule has 0 unspecified atom stereocenters. The molecule has 2 amide bonds. The summed E-state index contributed by atoms with van der Waals surface area (Å²) in [6.45, 7) is 2.04. The van der Waals surface area contributed by atoms with Crippen molar-refractivity contribution in [3.05, 3.63) is 59.7 Å². The van der Waals surface area contributed by atoms with E-state index in [2.05, 4.69) is 5.32 Å². The third-order valence-electron chi connectivity index (χ3n) is 5.94. The molecule has 152 valence electrons. The number of nitrogens with zero attached hydrogens (tertiary/aromatic N) is 1. The smallest absolute Gasteiger partial charge is 0.238 e. The summed E-state index contributed by atoms with van der Waals surface area (Å²) >= 11 is 1.61. The molecule has 1 saturated heterocycles. The lowest BCUT2D eigenvalue weighted by molar-refractivity contribution is -0.117. The van der Waals surface area contributed by atoms with Gasteiger partial charge in [0.1, 0.15) is 5.37 Å². The molecule has 1 atom stereocenters. The van der Waals surface area contributed by atoms with Gasteiger partial charge in [0.25, 0.3) is 0 Å². The van der Waals surface area contributed by atoms with Gasteiger partial charge in [-0.3, -0.25) is 14.5 Å². The molecule has 2 aromatic rings. The maximum Gasteiger partial charge on any atom is 0.238 e. The number of rotatable bonds is 6. The van der Waals surface area contributed by atoms with E-state index in [-0.39, 0.29) is 17.2 Å². The van der Waals surface area contributed by atoms with Crippen molar-refractivity contribution in [1.82, 2.24) is 0 Å². The van der Waals surface area contributed by atoms with Crippen molar-refractivity contribution in [3.63, 3.8) is 0 Å². The van der Waals surface area contributed by atoms with Gasteiger partial charge in [-0.15, -0.1) is 11.8 Å². The van der Waals surface area contributed by atoms with Crippen LogP contribution in [0.15, 0.2) is 48.5 Å². The lowest BCUT2D eigenvalue weighted by atomic mass is 10.0. The summed E-state index contributed by atoms with van der Waals surface area (Å²) in [5.74, 6) is 1.32. The van der Waals surface area contributed by atoms with Crippen molar-refractivity contribution in [3.8, 4) is 0 Å². The molecule has 2 aromatic carbocycles. The Hall–Kier alpha value is -2.27. The van der Waals surface area contributed by atoms with Crippen LogP contribution in [0.25, 0.3) is 0 Å². The number of para-hydroxylation sites is 1. The molecular formula is C24H28N2O2S. The van der Waals surface area contributed by atoms with Gasteiger partial charge < -0.3 is 5.32 Å². The minimum Gasteiger partial charge on any atom is -0.326 e. The zero-order chi connectivity index (χ0) is 20.2. The summed E-state index contributed by atoms with van der Waals surface area (Å²) in [5.41, 5.74) is 3.86. The molecule has 4 rings (SSSR count). The van der Waals surface area contributed by atoms with Crippen molar-refractivity contribution in [2.75, 3.05) is 16.0 Å². The summed E-state index contributed by atoms with van der Waals surface area (Å²) in [6, 6.07) is 15.9. The van der Waals surface area contributed by atoms with E-state index >= 15 is 0 Å². The predicted octanol–water partition coefficient (Wildman–Crippen LogP) is 5.68. The molecule has 0 spiro atoms. The number of benzene rings is 2. The van der Waals surface area contributed by atoms with Crippen molar-refractivity contribution in [2.24, 2.45) is 5.92 Å². The fraction of sp³-hybridized carbons (Fsp3) is 0.417. The minimum atomic E-state index is -0.128. The van der Waals surface area contributed by atoms with Crippen LogP contribution in [-0.4, -0.2) is 17.6 Å². The van der Waals surface area contributed by atoms with E-state index < -0.39 is 0 Å². The zero-order valence-corrected chi connectivity index (χ0v) is 17.7. The van der Waals surface area contributed by atoms with E-state index in [1.807, 2.05) is 60.4 Å². The van der Waals surface area contributed by atoms with Gasteiger partial charge in [-0.1, -0.05) is 61.6 Å². The summed E-state index contributed by atoms with van der Waals surface area (Å²) < 4.78 is 0. The quantitative estimate of drug-likeness (QED) is 0.669. The Morgan fingerprint density at radius 2 is 1.83 bits per heavy atom. The first kappa shape index (κ1) is 20.0. The molecule has 0 radical (unpaired) electrons. The summed E-state index contributed by atoms with van der Waals surface area (Å²) in [6.07, 6.45) is 6.66. The standard InChI is InChI=1S/C24H28N2O2S/c1-17-10-13-19(14-11-17)26-23(28)16-29-24(26)20-8-4-5-9-21(20)25-22(27)15-12-18-6-2-3-7-18/h4-5,8-11,13-14,18,24H,2-3,6-7,12,15-16H2,1H3,(H,25,27)/t24-/m1/s1. The lowest BCUT2D eigenvalue weighted by Gasteiger charge is -2.26. The van der Waals surface area contributed by atoms with E-state index in [1.54, 1.807) is 11.8 Å². The molecule has 1 N–H and O–H groups in total. The topological polar surface area (TPSA) is 49.4 Å². The highest BCUT2D eigenvalue weighted by molar-refractivity contribution is 8.00. The number of aryl methyl sites for hydroxylation is 1. The highest BCUT2D eigenvalue weighted by Crippen LogP contribution is 2.44. The SMILES string of the molecule is Cc1ccc(N2C(=O)CS[C@@H]2c2ccccc2NC(=O)CCC2CCCC2)cc1. The number of carbonyl (C=O) groups is 2. The molecule has 29 heavy (non-hydrogen) atoms. The molecule has 1 heterocycles. The van der Waals surface area contributed by atoms with Crippen LogP contribution < -0.4 is 10.2 Å². The normalized spacial score (nSPS) is 19.7. The Balaban J connectivity index is 1.51. The van der Waals surface area contributed by atoms with E-state index in [0.29, 0.717) is 18.1 Å². The van der Waals surface area contributed by atoms with Crippen molar-refractivity contribution < 1.29 is 9.59 Å². The Morgan fingerprint density at radius 3 is 2.59 bits per heavy atom. The fourth-order valence-electron chi connectivity index (χ4n) is 4.31. The molecule has 5 heteroatoms. The number of nitrogens with one attached hydrogen (secondary N) is 1. The monoisotopic (exact) mass is 408 g/mol. The van der Waals surface area contributed by atoms with E-state index in [0.717, 1.165) is 23.4 Å². The Morgan fingerprint density at radius 1 is 1.10 bits per heavy atom. The van der Waals surface area contributed by atoms with Gasteiger partial charge in [0.2, 0.25) is 11.8 Å². The second-order valence-corrected chi connectivity index (χ2v) is 9.16. The van der Waals surface area contributed by atoms with Gasteiger partial charge in [0, 0.05) is 23.4 Å². The van der Waals surface area contributed by atoms with Crippen LogP contribution >= 0.6 is 11.8 Å². The average molecular weight is 409 g/mol. The molecular weight excluding hydrogens is 380 g/mol. The first-order valence-electron chi connectivity index (χ1n) is 10.5. The Bertz CT molecular complexity index is 875. The van der Waals surface area contributed by atoms with Crippen LogP contribution in [0.3, 0.4) is 0 Å². The largest absolute Gasteiger partial charge is 0.326 e. The van der Waals surface area contributed by atoms with Gasteiger partial charge >= 0.3 is 0 Å². The highest BCUT2D eigenvalue weighted by Gasteiger charge is 2.35. The third-order valence-corrected chi connectivity index (χ3v) is 7.13. The third kappa shape index (κ3) is 4.67. The fourth-order valence-corrected chi connectivity index (χ4v) is 5.52. The van der Waals surface area contributed by atoms with Crippen LogP contribution in [0.4, 0.5) is 11.4 Å². The minimum absolute atomic E-state index is 0.0700. The van der Waals surface area contributed by atoms with Crippen LogP contribution in [0.5, 0.6) is 0 Å². The van der Waals surface area contributed by atoms with Crippen LogP contribution in [0.1, 0.15) is 55.0 Å². The zero-order valence-electron chi connectivity index (χ0n) is 16.9. The van der Waals surface area contributed by atoms with Crippen molar-refractivity contribution in [2.45, 2.75) is 50.8 Å². The Kier molecular flexibility index (Phi) is 6.24. The first-order chi connectivity index (χ1) is 14.1. The molecule has 2 fully saturated rings. The van der Waals surface area contributed by atoms with E-state index in [9.17, 15) is 9.59 Å². The van der Waals surface area contributed by atoms with E-state index in [4.69, 9.17) is 0 Å². The van der Waals surface area contributed by atoms with Gasteiger partial charge in [-0.2, -0.15) is 0 Å². The lowest BCUT2D eigenvalue weighted by Crippen LogP contribution is -2.28. The van der Waals surface area contributed by atoms with Crippen LogP contribution in [-0.2, 0) is 9.59 Å². The molecule has 1 saturated carbocycles. The number of amides is 2. The summed E-state index contributed by atoms with van der Waals surface area (Å²) in [7, 11) is 0. The second-order valence-electron chi connectivity index (χ2n) is 8.09. The van der Waals surface area contributed by atoms with E-state index in [1.165, 1.54) is 31.2 Å². The number of anilines is 2. The van der Waals surface area contributed by atoms with Gasteiger partial charge in [-0.05, 0) is 37.5 Å². The maximum atomic E-state index is 12.6. The maximum absolute atomic E-state index is 12.6. The van der Waals surface area contributed by atoms with Gasteiger partial charge in [0.05, 0.1) is 5.75 Å². The highest BCUT2D eigenvalue weighted by atomic mass is 32.2. The summed E-state index contributed by atoms with van der Waals surface area (Å²) in [5, 5.41) is 2.99. The number of hydrogen-bond acceptors (Lipinski definition) is 3. The molecule has 4 nitrogen and oxygen atoms in total. The molecule has 1 aliphatic heterocycles. The van der Waals surface area contributed by atoms with Crippen LogP contribution in [0.2, 0.25) is 0 Å². The van der Waals surface area contributed by atoms with Gasteiger partial charge in [0.15, 0.2) is 0 Å². The molecule has 1 aliphatic carbocycles. The molecule has 2 aliphatic rings. The number of thioether (sulfide) groups is 1. The second kappa shape index (κ2) is 9.04. The van der Waals surface area contributed by atoms with Crippen molar-refractivity contribution >= 4 is 35.0 Å². The number of carbonyl (C=O) groups excluding carboxylic acids is 2. The first-order valence-corrected chi connectivity index (χ1v) is 11.6. The molecule has 0 bridgehead atoms.